The van der Waals surface area contributed by atoms with E-state index in [-0.39, 0.29) is 43.7 Å². The molecule has 70 heavy (non-hydrogen) atoms. The third-order valence-corrected chi connectivity index (χ3v) is 16.8. The summed E-state index contributed by atoms with van der Waals surface area (Å²) in [5.41, 5.74) is 10.8. The molecule has 4 N–H and O–H groups in total. The molecule has 0 saturated carbocycles. The third-order valence-electron chi connectivity index (χ3n) is 12.9. The Morgan fingerprint density at radius 3 is 2.24 bits per heavy atom. The van der Waals surface area contributed by atoms with Crippen LogP contribution in [0, 0.1) is 27.7 Å². The number of halogens is 1. The quantitative estimate of drug-likeness (QED) is 0.0708. The summed E-state index contributed by atoms with van der Waals surface area (Å²) in [7, 11) is 0. The molecule has 1 fully saturated rings. The topological polar surface area (TPSA) is 184 Å². The fourth-order valence-electron chi connectivity index (χ4n) is 8.98. The summed E-state index contributed by atoms with van der Waals surface area (Å²) >= 11 is 11.1. The fourth-order valence-corrected chi connectivity index (χ4v) is 12.3. The number of aromatic nitrogens is 4. The van der Waals surface area contributed by atoms with E-state index in [2.05, 4.69) is 69.2 Å². The highest BCUT2D eigenvalue weighted by molar-refractivity contribution is 8.00. The van der Waals surface area contributed by atoms with Crippen LogP contribution in [0.25, 0.3) is 15.4 Å². The predicted octanol–water partition coefficient (Wildman–Crippen LogP) is 7.82. The number of rotatable bonds is 17. The molecule has 18 heteroatoms. The number of nitrogens with one attached hydrogen (secondary N) is 3. The number of aliphatic hydroxyl groups is 1. The van der Waals surface area contributed by atoms with E-state index < -0.39 is 34.9 Å². The summed E-state index contributed by atoms with van der Waals surface area (Å²) in [4.78, 5) is 67.2. The first-order valence-corrected chi connectivity index (χ1v) is 26.4. The first-order valence-electron chi connectivity index (χ1n) is 23.3. The number of β-amino-alcohol motifs (C(OH)–C–C–N with tert-alkyl or cyclic N) is 1. The van der Waals surface area contributed by atoms with Crippen LogP contribution >= 0.6 is 46.0 Å². The molecule has 5 heterocycles. The number of thiazole rings is 1. The fraction of sp³-hybridized carbons (Fsp3) is 0.385. The molecule has 3 aromatic heterocycles. The van der Waals surface area contributed by atoms with Gasteiger partial charge in [0.15, 0.2) is 5.82 Å². The molecule has 0 spiro atoms. The number of hydrogen-bond donors (Lipinski definition) is 4. The summed E-state index contributed by atoms with van der Waals surface area (Å²) in [6, 6.07) is 21.4. The van der Waals surface area contributed by atoms with Crippen LogP contribution in [0.5, 0.6) is 0 Å². The van der Waals surface area contributed by atoms with Crippen LogP contribution < -0.4 is 16.0 Å². The van der Waals surface area contributed by atoms with Gasteiger partial charge in [-0.25, -0.2) is 4.98 Å². The van der Waals surface area contributed by atoms with Crippen molar-refractivity contribution in [2.24, 2.45) is 4.99 Å². The molecule has 8 rings (SSSR count). The van der Waals surface area contributed by atoms with Crippen molar-refractivity contribution in [1.82, 2.24) is 40.6 Å². The van der Waals surface area contributed by atoms with Crippen molar-refractivity contribution >= 4 is 75.4 Å². The lowest BCUT2D eigenvalue weighted by atomic mass is 9.99. The van der Waals surface area contributed by atoms with Crippen LogP contribution in [0.2, 0.25) is 5.02 Å². The Balaban J connectivity index is 0.838. The van der Waals surface area contributed by atoms with E-state index in [0.29, 0.717) is 36.0 Å². The largest absolute Gasteiger partial charge is 0.391 e. The lowest BCUT2D eigenvalue weighted by Gasteiger charge is -2.37. The van der Waals surface area contributed by atoms with Gasteiger partial charge in [-0.3, -0.25) is 28.7 Å². The van der Waals surface area contributed by atoms with Gasteiger partial charge in [0.05, 0.1) is 34.3 Å². The maximum atomic E-state index is 14.3. The van der Waals surface area contributed by atoms with E-state index in [1.54, 1.807) is 34.4 Å². The number of amides is 4. The van der Waals surface area contributed by atoms with Gasteiger partial charge in [-0.2, -0.15) is 11.8 Å². The van der Waals surface area contributed by atoms with Crippen LogP contribution in [0.4, 0.5) is 0 Å². The van der Waals surface area contributed by atoms with Crippen molar-refractivity contribution in [2.45, 2.75) is 110 Å². The van der Waals surface area contributed by atoms with Crippen LogP contribution in [0.15, 0.2) is 83.3 Å². The van der Waals surface area contributed by atoms with Gasteiger partial charge in [-0.15, -0.1) is 32.9 Å². The van der Waals surface area contributed by atoms with Crippen LogP contribution in [-0.4, -0.2) is 101 Å². The minimum absolute atomic E-state index is 0.00654. The maximum absolute atomic E-state index is 14.3. The number of carbonyl (C=O) groups is 4. The number of nitrogens with zero attached hydrogens (tertiary/aromatic N) is 6. The minimum Gasteiger partial charge on any atom is -0.391 e. The molecule has 0 bridgehead atoms. The summed E-state index contributed by atoms with van der Waals surface area (Å²) in [5.74, 6) is 0.756. The molecule has 0 aliphatic carbocycles. The van der Waals surface area contributed by atoms with Gasteiger partial charge < -0.3 is 26.0 Å². The number of benzene rings is 3. The van der Waals surface area contributed by atoms with E-state index in [9.17, 15) is 24.3 Å². The average Bonchev–Trinajstić information content (AvgIpc) is 4.10. The summed E-state index contributed by atoms with van der Waals surface area (Å²) in [6.45, 7) is 14.0. The van der Waals surface area contributed by atoms with Gasteiger partial charge in [-0.05, 0) is 100 Å². The Kier molecular flexibility index (Phi) is 15.7. The number of aliphatic hydroxyl groups excluding tert-OH is 1. The zero-order chi connectivity index (χ0) is 49.9. The molecule has 14 nitrogen and oxygen atoms in total. The zero-order valence-corrected chi connectivity index (χ0v) is 43.5. The number of carbonyl (C=O) groups excluding carboxylic acids is 4. The Morgan fingerprint density at radius 2 is 1.57 bits per heavy atom. The van der Waals surface area contributed by atoms with E-state index in [4.69, 9.17) is 16.6 Å². The van der Waals surface area contributed by atoms with E-state index in [1.807, 2.05) is 86.3 Å². The second-order valence-corrected chi connectivity index (χ2v) is 22.7. The number of thioether (sulfide) groups is 1. The SMILES string of the molecule is CC(=O)N[C@H](C(=O)N1C[C@H](O)C[C@H]1C(=O)NCc1ccc(-c2scnc2C)cc1)C(C)(C)SCCc1ccc(CCNC(=O)C[C@@H]2N=C(c3ccc(Cl)cc3)c3c(sc(C)c3C)-n3c(C)nnc32)cc1. The molecule has 366 valence electrons. The number of thiophene rings is 1. The van der Waals surface area contributed by atoms with Crippen molar-refractivity contribution in [3.8, 4) is 15.4 Å². The Labute approximate surface area is 425 Å². The van der Waals surface area contributed by atoms with Crippen molar-refractivity contribution in [3.05, 3.63) is 139 Å². The summed E-state index contributed by atoms with van der Waals surface area (Å²) in [5, 5.41) is 30.2. The number of hydrogen-bond acceptors (Lipinski definition) is 12. The highest BCUT2D eigenvalue weighted by Crippen LogP contribution is 2.40. The van der Waals surface area contributed by atoms with E-state index >= 15 is 0 Å². The minimum atomic E-state index is -0.944. The molecule has 2 aliphatic rings. The van der Waals surface area contributed by atoms with Gasteiger partial charge >= 0.3 is 0 Å². The number of aryl methyl sites for hydroxylation is 4. The molecule has 0 radical (unpaired) electrons. The summed E-state index contributed by atoms with van der Waals surface area (Å²) < 4.78 is 1.28. The Hall–Kier alpha value is -5.72. The molecule has 4 amide bonds. The monoisotopic (exact) mass is 1020 g/mol. The Bertz CT molecular complexity index is 2910. The second-order valence-electron chi connectivity index (χ2n) is 18.4. The smallest absolute Gasteiger partial charge is 0.247 e. The van der Waals surface area contributed by atoms with Crippen molar-refractivity contribution in [3.63, 3.8) is 0 Å². The highest BCUT2D eigenvalue weighted by Gasteiger charge is 2.46. The summed E-state index contributed by atoms with van der Waals surface area (Å²) in [6.07, 6.45) is 0.675. The van der Waals surface area contributed by atoms with Crippen molar-refractivity contribution in [1.29, 1.82) is 0 Å². The zero-order valence-electron chi connectivity index (χ0n) is 40.3. The second kappa shape index (κ2) is 21.7. The van der Waals surface area contributed by atoms with E-state index in [0.717, 1.165) is 66.1 Å². The lowest BCUT2D eigenvalue weighted by Crippen LogP contribution is -2.59. The van der Waals surface area contributed by atoms with Crippen molar-refractivity contribution in [2.75, 3.05) is 18.8 Å². The first kappa shape index (κ1) is 50.7. The van der Waals surface area contributed by atoms with Gasteiger partial charge in [0.1, 0.15) is 29.0 Å². The highest BCUT2D eigenvalue weighted by atomic mass is 35.5. The molecule has 0 unspecified atom stereocenters. The van der Waals surface area contributed by atoms with Gasteiger partial charge in [0.2, 0.25) is 23.6 Å². The molecular weight excluding hydrogens is 962 g/mol. The number of fused-ring (bicyclic) bond motifs is 3. The Morgan fingerprint density at radius 1 is 0.900 bits per heavy atom. The van der Waals surface area contributed by atoms with Gasteiger partial charge in [0, 0.05) is 58.8 Å². The van der Waals surface area contributed by atoms with E-state index in [1.165, 1.54) is 16.7 Å². The predicted molar refractivity (Wildman–Crippen MR) is 279 cm³/mol. The molecular formula is C52H58ClN9O5S3. The van der Waals surface area contributed by atoms with Crippen LogP contribution in [0.3, 0.4) is 0 Å². The van der Waals surface area contributed by atoms with Crippen LogP contribution in [-0.2, 0) is 38.6 Å². The normalized spacial score (nSPS) is 17.0. The molecule has 4 atom stereocenters. The van der Waals surface area contributed by atoms with Gasteiger partial charge in [0.25, 0.3) is 0 Å². The van der Waals surface area contributed by atoms with Gasteiger partial charge in [-0.1, -0.05) is 72.3 Å². The maximum Gasteiger partial charge on any atom is 0.247 e. The van der Waals surface area contributed by atoms with Crippen LogP contribution in [0.1, 0.15) is 95.3 Å². The molecule has 3 aromatic carbocycles. The third kappa shape index (κ3) is 11.4. The standard InChI is InChI=1S/C52H58ClN9O5S3/c1-29-31(3)70-51-44(29)45(37-16-18-39(53)19-17-37)58-41(48-60-59-32(4)62(48)51)25-43(65)54-22-20-34-8-10-35(11-9-34)21-23-69-52(6,7)47(57-33(5)63)50(67)61-27-40(64)24-42(61)49(66)55-26-36-12-14-38(15-13-36)46-30(2)56-28-68-46/h8-19,28,40-42,47,64H,20-27H2,1-7H3,(H,54,65)(H,55,66)(H,57,63)/t40-,41+,42+,47-/m1/s1. The average molecular weight is 1020 g/mol. The lowest BCUT2D eigenvalue weighted by molar-refractivity contribution is -0.142. The molecule has 2 aliphatic heterocycles. The first-order chi connectivity index (χ1) is 33.5. The molecule has 1 saturated heterocycles. The molecule has 6 aromatic rings. The number of likely N-dealkylation sites (tertiary alicyclic amines) is 1. The van der Waals surface area contributed by atoms with Crippen molar-refractivity contribution < 1.29 is 24.3 Å². The number of aliphatic imine (C=N–C) groups is 1.